The number of hydrogen-bond acceptors (Lipinski definition) is 6. The second-order valence-electron chi connectivity index (χ2n) is 7.12. The Kier molecular flexibility index (Phi) is 14.7. The van der Waals surface area contributed by atoms with Gasteiger partial charge in [0.15, 0.2) is 0 Å². The van der Waals surface area contributed by atoms with Crippen molar-refractivity contribution in [3.63, 3.8) is 0 Å². The van der Waals surface area contributed by atoms with Crippen LogP contribution < -0.4 is 0 Å². The minimum atomic E-state index is -0.371. The molecule has 0 bridgehead atoms. The molecule has 0 fully saturated rings. The van der Waals surface area contributed by atoms with Gasteiger partial charge in [0.05, 0.1) is 24.4 Å². The molecule has 0 aliphatic rings. The molecule has 4 atom stereocenters. The zero-order valence-electron chi connectivity index (χ0n) is 16.8. The topological polar surface area (TPSA) is 87.4 Å². The maximum Gasteiger partial charge on any atom is 0.0664 e. The molecule has 0 amide bonds. The van der Waals surface area contributed by atoms with Gasteiger partial charge in [-0.2, -0.15) is 0 Å². The van der Waals surface area contributed by atoms with Crippen molar-refractivity contribution in [2.45, 2.75) is 84.2 Å². The summed E-state index contributed by atoms with van der Waals surface area (Å²) in [7, 11) is 0. The lowest BCUT2D eigenvalue weighted by molar-refractivity contribution is 0.0522. The summed E-state index contributed by atoms with van der Waals surface area (Å²) in [4.78, 5) is 4.24. The molecule has 6 nitrogen and oxygen atoms in total. The highest BCUT2D eigenvalue weighted by Gasteiger charge is 2.17. The van der Waals surface area contributed by atoms with E-state index in [0.29, 0.717) is 51.9 Å². The van der Waals surface area contributed by atoms with Crippen LogP contribution in [0.4, 0.5) is 0 Å². The molecule has 0 rings (SSSR count). The van der Waals surface area contributed by atoms with Gasteiger partial charge >= 0.3 is 0 Å². The van der Waals surface area contributed by atoms with Crippen LogP contribution in [0.25, 0.3) is 0 Å². The summed E-state index contributed by atoms with van der Waals surface area (Å²) in [6.07, 6.45) is 2.21. The number of rotatable bonds is 16. The molecule has 0 saturated carbocycles. The van der Waals surface area contributed by atoms with Crippen molar-refractivity contribution in [3.8, 4) is 0 Å². The maximum atomic E-state index is 9.92. The fourth-order valence-corrected chi connectivity index (χ4v) is 2.74. The lowest BCUT2D eigenvalue weighted by Gasteiger charge is -2.30. The van der Waals surface area contributed by atoms with Crippen molar-refractivity contribution in [2.24, 2.45) is 0 Å². The average Bonchev–Trinajstić information content (AvgIpc) is 2.60. The van der Waals surface area contributed by atoms with Crippen LogP contribution >= 0.6 is 0 Å². The Morgan fingerprint density at radius 2 is 0.760 bits per heavy atom. The first-order valence-corrected chi connectivity index (χ1v) is 10.0. The van der Waals surface area contributed by atoms with Gasteiger partial charge in [0.2, 0.25) is 0 Å². The molecular weight excluding hydrogens is 320 g/mol. The largest absolute Gasteiger partial charge is 0.392 e. The van der Waals surface area contributed by atoms with Crippen LogP contribution in [-0.2, 0) is 0 Å². The van der Waals surface area contributed by atoms with Gasteiger partial charge in [-0.05, 0) is 45.2 Å². The second kappa shape index (κ2) is 14.9. The Balaban J connectivity index is 4.52. The van der Waals surface area contributed by atoms with Crippen molar-refractivity contribution >= 4 is 0 Å². The van der Waals surface area contributed by atoms with Crippen LogP contribution in [0.15, 0.2) is 0 Å². The van der Waals surface area contributed by atoms with Crippen LogP contribution in [0.1, 0.15) is 59.8 Å². The zero-order valence-corrected chi connectivity index (χ0v) is 16.8. The fourth-order valence-electron chi connectivity index (χ4n) is 2.74. The van der Waals surface area contributed by atoms with E-state index in [-0.39, 0.29) is 24.4 Å². The molecule has 0 aromatic carbocycles. The third-order valence-corrected chi connectivity index (χ3v) is 4.71. The highest BCUT2D eigenvalue weighted by atomic mass is 16.3. The Hall–Kier alpha value is -0.240. The minimum Gasteiger partial charge on any atom is -0.392 e. The molecule has 6 heteroatoms. The van der Waals surface area contributed by atoms with E-state index in [1.807, 2.05) is 27.7 Å². The molecule has 4 N–H and O–H groups in total. The Bertz CT molecular complexity index is 255. The highest BCUT2D eigenvalue weighted by Crippen LogP contribution is 2.06. The Labute approximate surface area is 154 Å². The van der Waals surface area contributed by atoms with Gasteiger partial charge in [-0.25, -0.2) is 0 Å². The van der Waals surface area contributed by atoms with Gasteiger partial charge in [0.1, 0.15) is 0 Å². The monoisotopic (exact) mass is 362 g/mol. The van der Waals surface area contributed by atoms with Crippen LogP contribution in [0, 0.1) is 0 Å². The summed E-state index contributed by atoms with van der Waals surface area (Å²) in [5.74, 6) is 0. The number of aliphatic hydroxyl groups excluding tert-OH is 4. The molecule has 0 saturated heterocycles. The second-order valence-corrected chi connectivity index (χ2v) is 7.12. The van der Waals surface area contributed by atoms with E-state index >= 15 is 0 Å². The average molecular weight is 363 g/mol. The molecular formula is C19H42N2O4. The molecule has 4 unspecified atom stereocenters. The lowest BCUT2D eigenvalue weighted by Crippen LogP contribution is -2.41. The number of hydrogen-bond donors (Lipinski definition) is 4. The van der Waals surface area contributed by atoms with Crippen LogP contribution in [-0.4, -0.2) is 93.9 Å². The van der Waals surface area contributed by atoms with Gasteiger partial charge in [0, 0.05) is 26.2 Å². The van der Waals surface area contributed by atoms with Gasteiger partial charge in [0.25, 0.3) is 0 Å². The number of aliphatic hydroxyl groups is 4. The van der Waals surface area contributed by atoms with E-state index in [9.17, 15) is 20.4 Å². The molecule has 0 spiro atoms. The van der Waals surface area contributed by atoms with Crippen LogP contribution in [0.3, 0.4) is 0 Å². The first kappa shape index (κ1) is 24.8. The first-order chi connectivity index (χ1) is 11.9. The first-order valence-electron chi connectivity index (χ1n) is 10.0. The molecule has 25 heavy (non-hydrogen) atoms. The third-order valence-electron chi connectivity index (χ3n) is 4.71. The van der Waals surface area contributed by atoms with E-state index < -0.39 is 0 Å². The Morgan fingerprint density at radius 3 is 0.960 bits per heavy atom. The zero-order chi connectivity index (χ0) is 19.2. The van der Waals surface area contributed by atoms with E-state index in [1.54, 1.807) is 0 Å². The molecule has 152 valence electrons. The molecule has 0 radical (unpaired) electrons. The predicted molar refractivity (Wildman–Crippen MR) is 103 cm³/mol. The molecule has 0 heterocycles. The van der Waals surface area contributed by atoms with E-state index in [2.05, 4.69) is 9.80 Å². The summed E-state index contributed by atoms with van der Waals surface area (Å²) >= 11 is 0. The van der Waals surface area contributed by atoms with Crippen molar-refractivity contribution in [1.29, 1.82) is 0 Å². The van der Waals surface area contributed by atoms with Crippen molar-refractivity contribution in [2.75, 3.05) is 39.3 Å². The number of nitrogens with zero attached hydrogens (tertiary/aromatic N) is 2. The third kappa shape index (κ3) is 12.7. The van der Waals surface area contributed by atoms with Gasteiger partial charge in [-0.1, -0.05) is 27.7 Å². The quantitative estimate of drug-likeness (QED) is 0.328. The van der Waals surface area contributed by atoms with Gasteiger partial charge in [-0.15, -0.1) is 0 Å². The van der Waals surface area contributed by atoms with Crippen molar-refractivity contribution in [3.05, 3.63) is 0 Å². The summed E-state index contributed by atoms with van der Waals surface area (Å²) in [6, 6.07) is 0. The van der Waals surface area contributed by atoms with E-state index in [1.165, 1.54) is 0 Å². The van der Waals surface area contributed by atoms with Crippen LogP contribution in [0.5, 0.6) is 0 Å². The van der Waals surface area contributed by atoms with Crippen molar-refractivity contribution < 1.29 is 20.4 Å². The SMILES string of the molecule is CCC(O)CN(CCCN(CC(O)CC)CC(O)CC)CC(O)CC. The summed E-state index contributed by atoms with van der Waals surface area (Å²) in [6.45, 7) is 11.7. The normalized spacial score (nSPS) is 17.0. The lowest BCUT2D eigenvalue weighted by atomic mass is 10.2. The summed E-state index contributed by atoms with van der Waals surface area (Å²) in [5.41, 5.74) is 0. The smallest absolute Gasteiger partial charge is 0.0664 e. The van der Waals surface area contributed by atoms with E-state index in [0.717, 1.165) is 19.5 Å². The van der Waals surface area contributed by atoms with Crippen molar-refractivity contribution in [1.82, 2.24) is 9.80 Å². The van der Waals surface area contributed by atoms with Gasteiger partial charge < -0.3 is 20.4 Å². The molecule has 0 aliphatic heterocycles. The molecule has 0 aromatic rings. The highest BCUT2D eigenvalue weighted by molar-refractivity contribution is 4.71. The molecule has 0 aromatic heterocycles. The standard InChI is InChI=1S/C19H42N2O4/c1-5-16(22)12-20(13-17(23)6-2)10-9-11-21(14-18(24)7-3)15-19(25)8-4/h16-19,22-25H,5-15H2,1-4H3. The minimum absolute atomic E-state index is 0.371. The summed E-state index contributed by atoms with van der Waals surface area (Å²) < 4.78 is 0. The molecule has 0 aliphatic carbocycles. The van der Waals surface area contributed by atoms with Gasteiger partial charge in [-0.3, -0.25) is 9.80 Å². The Morgan fingerprint density at radius 1 is 0.520 bits per heavy atom. The van der Waals surface area contributed by atoms with Crippen LogP contribution in [0.2, 0.25) is 0 Å². The predicted octanol–water partition coefficient (Wildman–Crippen LogP) is 1.06. The summed E-state index contributed by atoms with van der Waals surface area (Å²) in [5, 5.41) is 39.7. The maximum absolute atomic E-state index is 9.92. The fraction of sp³-hybridized carbons (Fsp3) is 1.00. The van der Waals surface area contributed by atoms with E-state index in [4.69, 9.17) is 0 Å².